The van der Waals surface area contributed by atoms with Crippen molar-refractivity contribution < 1.29 is 22.0 Å². The predicted octanol–water partition coefficient (Wildman–Crippen LogP) is 3.48. The standard InChI is InChI=1S/C18H19ClF2N2O3S/c1-27(25,26)23(15-8-9-16(20)17(21)11-15)10-2-3-18(24)22-12-13-4-6-14(19)7-5-13/h4-9,11H,2-3,10,12H2,1H3,(H,22,24). The van der Waals surface area contributed by atoms with Gasteiger partial charge in [-0.3, -0.25) is 9.10 Å². The predicted molar refractivity (Wildman–Crippen MR) is 101 cm³/mol. The van der Waals surface area contributed by atoms with E-state index in [1.807, 2.05) is 0 Å². The molecule has 1 N–H and O–H groups in total. The lowest BCUT2D eigenvalue weighted by molar-refractivity contribution is -0.121. The number of carbonyl (C=O) groups is 1. The smallest absolute Gasteiger partial charge is 0.232 e. The van der Waals surface area contributed by atoms with Gasteiger partial charge in [-0.05, 0) is 36.2 Å². The molecule has 9 heteroatoms. The number of rotatable bonds is 8. The summed E-state index contributed by atoms with van der Waals surface area (Å²) in [7, 11) is -3.70. The number of nitrogens with zero attached hydrogens (tertiary/aromatic N) is 1. The second-order valence-corrected chi connectivity index (χ2v) is 8.28. The van der Waals surface area contributed by atoms with Gasteiger partial charge in [-0.25, -0.2) is 17.2 Å². The summed E-state index contributed by atoms with van der Waals surface area (Å²) in [5, 5.41) is 3.33. The molecule has 0 aliphatic heterocycles. The van der Waals surface area contributed by atoms with E-state index in [-0.39, 0.29) is 31.0 Å². The van der Waals surface area contributed by atoms with E-state index in [1.165, 1.54) is 6.07 Å². The molecule has 0 radical (unpaired) electrons. The largest absolute Gasteiger partial charge is 0.352 e. The molecule has 0 bridgehead atoms. The monoisotopic (exact) mass is 416 g/mol. The Morgan fingerprint density at radius 2 is 1.78 bits per heavy atom. The highest BCUT2D eigenvalue weighted by atomic mass is 35.5. The number of sulfonamides is 1. The fourth-order valence-electron chi connectivity index (χ4n) is 2.40. The third kappa shape index (κ3) is 6.48. The maximum atomic E-state index is 13.4. The van der Waals surface area contributed by atoms with Gasteiger partial charge in [-0.1, -0.05) is 23.7 Å². The van der Waals surface area contributed by atoms with Crippen molar-refractivity contribution >= 4 is 33.2 Å². The van der Waals surface area contributed by atoms with Crippen LogP contribution >= 0.6 is 11.6 Å². The molecule has 0 atom stereocenters. The van der Waals surface area contributed by atoms with Gasteiger partial charge in [0.2, 0.25) is 15.9 Å². The number of halogens is 3. The molecule has 0 saturated heterocycles. The lowest BCUT2D eigenvalue weighted by Gasteiger charge is -2.22. The number of nitrogens with one attached hydrogen (secondary N) is 1. The lowest BCUT2D eigenvalue weighted by Crippen LogP contribution is -2.32. The van der Waals surface area contributed by atoms with Crippen molar-refractivity contribution in [1.29, 1.82) is 0 Å². The molecule has 2 rings (SSSR count). The topological polar surface area (TPSA) is 66.5 Å². The zero-order chi connectivity index (χ0) is 20.0. The molecule has 1 amide bonds. The minimum absolute atomic E-state index is 0.0120. The molecule has 2 aromatic carbocycles. The molecule has 0 heterocycles. The van der Waals surface area contributed by atoms with Crippen LogP contribution in [0.25, 0.3) is 0 Å². The summed E-state index contributed by atoms with van der Waals surface area (Å²) in [5.74, 6) is -2.45. The van der Waals surface area contributed by atoms with Crippen LogP contribution in [0.3, 0.4) is 0 Å². The van der Waals surface area contributed by atoms with Crippen molar-refractivity contribution in [1.82, 2.24) is 5.32 Å². The molecule has 27 heavy (non-hydrogen) atoms. The van der Waals surface area contributed by atoms with Gasteiger partial charge < -0.3 is 5.32 Å². The molecule has 5 nitrogen and oxygen atoms in total. The summed E-state index contributed by atoms with van der Waals surface area (Å²) >= 11 is 5.79. The van der Waals surface area contributed by atoms with Crippen LogP contribution in [0.15, 0.2) is 42.5 Å². The van der Waals surface area contributed by atoms with Crippen molar-refractivity contribution in [2.75, 3.05) is 17.1 Å². The second kappa shape index (κ2) is 9.14. The quantitative estimate of drug-likeness (QED) is 0.716. The van der Waals surface area contributed by atoms with Crippen LogP contribution in [-0.2, 0) is 21.4 Å². The van der Waals surface area contributed by atoms with Crippen LogP contribution in [-0.4, -0.2) is 27.1 Å². The molecule has 0 aliphatic carbocycles. The summed E-state index contributed by atoms with van der Waals surface area (Å²) in [6.07, 6.45) is 1.27. The van der Waals surface area contributed by atoms with Gasteiger partial charge >= 0.3 is 0 Å². The fraction of sp³-hybridized carbons (Fsp3) is 0.278. The highest BCUT2D eigenvalue weighted by Gasteiger charge is 2.19. The highest BCUT2D eigenvalue weighted by Crippen LogP contribution is 2.21. The summed E-state index contributed by atoms with van der Waals surface area (Å²) in [5.41, 5.74) is 0.894. The van der Waals surface area contributed by atoms with Gasteiger partial charge in [0, 0.05) is 30.6 Å². The SMILES string of the molecule is CS(=O)(=O)N(CCCC(=O)NCc1ccc(Cl)cc1)c1ccc(F)c(F)c1. The molecule has 2 aromatic rings. The number of amides is 1. The first-order valence-electron chi connectivity index (χ1n) is 8.11. The van der Waals surface area contributed by atoms with E-state index >= 15 is 0 Å². The molecule has 146 valence electrons. The van der Waals surface area contributed by atoms with Gasteiger partial charge in [-0.15, -0.1) is 0 Å². The van der Waals surface area contributed by atoms with E-state index in [0.717, 1.165) is 28.3 Å². The Morgan fingerprint density at radius 1 is 1.11 bits per heavy atom. The van der Waals surface area contributed by atoms with Gasteiger partial charge in [-0.2, -0.15) is 0 Å². The van der Waals surface area contributed by atoms with E-state index in [9.17, 15) is 22.0 Å². The minimum atomic E-state index is -3.70. The molecule has 0 fully saturated rings. The highest BCUT2D eigenvalue weighted by molar-refractivity contribution is 7.92. The minimum Gasteiger partial charge on any atom is -0.352 e. The van der Waals surface area contributed by atoms with Crippen molar-refractivity contribution in [3.8, 4) is 0 Å². The zero-order valence-electron chi connectivity index (χ0n) is 14.6. The van der Waals surface area contributed by atoms with E-state index in [4.69, 9.17) is 11.6 Å². The van der Waals surface area contributed by atoms with Crippen molar-refractivity contribution in [3.63, 3.8) is 0 Å². The maximum absolute atomic E-state index is 13.4. The zero-order valence-corrected chi connectivity index (χ0v) is 16.2. The van der Waals surface area contributed by atoms with Crippen molar-refractivity contribution in [3.05, 3.63) is 64.7 Å². The number of hydrogen-bond acceptors (Lipinski definition) is 3. The van der Waals surface area contributed by atoms with Crippen molar-refractivity contribution in [2.24, 2.45) is 0 Å². The van der Waals surface area contributed by atoms with Crippen LogP contribution in [0.5, 0.6) is 0 Å². The van der Waals surface area contributed by atoms with Gasteiger partial charge in [0.1, 0.15) is 0 Å². The maximum Gasteiger partial charge on any atom is 0.232 e. The van der Waals surface area contributed by atoms with Crippen molar-refractivity contribution in [2.45, 2.75) is 19.4 Å². The summed E-state index contributed by atoms with van der Waals surface area (Å²) in [6.45, 7) is 0.299. The first kappa shape index (κ1) is 21.1. The molecule has 0 saturated carbocycles. The van der Waals surface area contributed by atoms with E-state index in [0.29, 0.717) is 11.6 Å². The van der Waals surface area contributed by atoms with Crippen LogP contribution in [0.2, 0.25) is 5.02 Å². The Kier molecular flexibility index (Phi) is 7.15. The molecule has 0 spiro atoms. The average molecular weight is 417 g/mol. The Bertz CT molecular complexity index is 905. The van der Waals surface area contributed by atoms with E-state index < -0.39 is 21.7 Å². The summed E-state index contributed by atoms with van der Waals surface area (Å²) in [6, 6.07) is 9.87. The van der Waals surface area contributed by atoms with Gasteiger partial charge in [0.25, 0.3) is 0 Å². The van der Waals surface area contributed by atoms with Crippen LogP contribution in [0, 0.1) is 11.6 Å². The lowest BCUT2D eigenvalue weighted by atomic mass is 10.2. The average Bonchev–Trinajstić information content (AvgIpc) is 2.60. The van der Waals surface area contributed by atoms with Gasteiger partial charge in [0.15, 0.2) is 11.6 Å². The van der Waals surface area contributed by atoms with Crippen LogP contribution < -0.4 is 9.62 Å². The Morgan fingerprint density at radius 3 is 2.37 bits per heavy atom. The number of benzene rings is 2. The number of carbonyl (C=O) groups excluding carboxylic acids is 1. The summed E-state index contributed by atoms with van der Waals surface area (Å²) in [4.78, 5) is 11.9. The van der Waals surface area contributed by atoms with E-state index in [1.54, 1.807) is 24.3 Å². The molecular weight excluding hydrogens is 398 g/mol. The molecule has 0 unspecified atom stereocenters. The second-order valence-electron chi connectivity index (χ2n) is 5.94. The normalized spacial score (nSPS) is 11.3. The Hall–Kier alpha value is -2.19. The summed E-state index contributed by atoms with van der Waals surface area (Å²) < 4.78 is 51.3. The fourth-order valence-corrected chi connectivity index (χ4v) is 3.48. The number of hydrogen-bond donors (Lipinski definition) is 1. The third-order valence-electron chi connectivity index (χ3n) is 3.76. The third-order valence-corrected chi connectivity index (χ3v) is 5.21. The number of anilines is 1. The van der Waals surface area contributed by atoms with Crippen LogP contribution in [0.1, 0.15) is 18.4 Å². The first-order valence-corrected chi connectivity index (χ1v) is 10.3. The molecular formula is C18H19ClF2N2O3S. The molecule has 0 aromatic heterocycles. The van der Waals surface area contributed by atoms with Gasteiger partial charge in [0.05, 0.1) is 11.9 Å². The Balaban J connectivity index is 1.90. The van der Waals surface area contributed by atoms with E-state index in [2.05, 4.69) is 5.32 Å². The first-order chi connectivity index (χ1) is 12.7. The van der Waals surface area contributed by atoms with Crippen LogP contribution in [0.4, 0.5) is 14.5 Å². The Labute approximate surface area is 162 Å². The molecule has 0 aliphatic rings.